The van der Waals surface area contributed by atoms with Crippen molar-refractivity contribution in [1.29, 1.82) is 0 Å². The summed E-state index contributed by atoms with van der Waals surface area (Å²) in [5.74, 6) is -6.51. The molecule has 0 aliphatic carbocycles. The summed E-state index contributed by atoms with van der Waals surface area (Å²) in [5, 5.41) is 88.2. The molecular weight excluding hydrogens is 838 g/mol. The van der Waals surface area contributed by atoms with Gasteiger partial charge in [-0.05, 0) is 45.9 Å². The summed E-state index contributed by atoms with van der Waals surface area (Å²) >= 11 is 0. The number of ether oxygens (including phenoxy) is 2. The first-order valence-electron chi connectivity index (χ1n) is 19.8. The maximum Gasteiger partial charge on any atom is 0.349 e. The van der Waals surface area contributed by atoms with Gasteiger partial charge in [-0.1, -0.05) is 19.9 Å². The van der Waals surface area contributed by atoms with Crippen LogP contribution in [-0.2, 0) is 44.9 Å². The van der Waals surface area contributed by atoms with Gasteiger partial charge in [-0.2, -0.15) is 4.98 Å². The summed E-state index contributed by atoms with van der Waals surface area (Å²) in [5.41, 5.74) is 6.88. The van der Waals surface area contributed by atoms with Crippen LogP contribution in [0.1, 0.15) is 66.5 Å². The second-order valence-electron chi connectivity index (χ2n) is 15.1. The van der Waals surface area contributed by atoms with Gasteiger partial charge in [-0.15, -0.1) is 0 Å². The van der Waals surface area contributed by atoms with E-state index >= 15 is 0 Å². The van der Waals surface area contributed by atoms with Crippen LogP contribution in [0.3, 0.4) is 0 Å². The van der Waals surface area contributed by atoms with Crippen LogP contribution >= 0.6 is 0 Å². The molecule has 4 amide bonds. The number of carbonyl (C=O) groups excluding carboxylic acids is 6. The number of ketones is 2. The number of hydrogen-bond acceptors (Lipinski definition) is 19. The Balaban J connectivity index is 0.000000668. The molecule has 0 bridgehead atoms. The number of nitrogens with one attached hydrogen (secondary N) is 4. The summed E-state index contributed by atoms with van der Waals surface area (Å²) in [7, 11) is 1.54. The first-order valence-corrected chi connectivity index (χ1v) is 19.8. The standard InChI is InChI=1S/C23H35N5O9.C15H26N2O8.CH4/c1-11(2)12(3)15-5-6-28(23(36)26-15)10-25-21(34)19-16(17(31)18(32)22(35)37-19)27-20(33)13(9-29)7-14(30)8-24-4;1-2-3-11(21)17-8(5-18)9(20)4-7-12(22)13(23)10(6-19)25-14(7)15(16)24;/h5-6,13,16-19,22,24,29,31-32,35H,7-10H2,1-4H3,(H,25,34)(H,27,33);7-8,10,12-14,18-19,22-23H,2-6H2,1H3,(H2,16,24)(H,17,21);1H4/t13?,16-,17-,18+,19-,22+;;/m0../s1. The summed E-state index contributed by atoms with van der Waals surface area (Å²) in [6.07, 6.45) is -11.6. The van der Waals surface area contributed by atoms with Gasteiger partial charge in [0.15, 0.2) is 18.2 Å². The van der Waals surface area contributed by atoms with Crippen molar-refractivity contribution in [2.45, 2.75) is 129 Å². The topological polar surface area (TPSA) is 392 Å². The van der Waals surface area contributed by atoms with Crippen LogP contribution in [0.5, 0.6) is 0 Å². The molecular formula is C39H65N7O17. The number of aliphatic hydroxyl groups is 8. The van der Waals surface area contributed by atoms with Crippen molar-refractivity contribution in [3.05, 3.63) is 34.0 Å². The second kappa shape index (κ2) is 26.9. The molecule has 14 N–H and O–H groups in total. The number of carbonyl (C=O) groups is 6. The minimum absolute atomic E-state index is 0. The third kappa shape index (κ3) is 15.9. The van der Waals surface area contributed by atoms with E-state index < -0.39 is 134 Å². The van der Waals surface area contributed by atoms with Crippen LogP contribution in [0.15, 0.2) is 22.6 Å². The second-order valence-corrected chi connectivity index (χ2v) is 15.1. The fraction of sp³-hybridized carbons (Fsp3) is 0.692. The van der Waals surface area contributed by atoms with E-state index in [1.807, 2.05) is 20.8 Å². The van der Waals surface area contributed by atoms with E-state index in [0.29, 0.717) is 12.1 Å². The Morgan fingerprint density at radius 2 is 1.57 bits per heavy atom. The molecule has 3 heterocycles. The van der Waals surface area contributed by atoms with E-state index in [9.17, 15) is 69.3 Å². The molecule has 2 aliphatic heterocycles. The molecule has 2 fully saturated rings. The molecule has 358 valence electrons. The minimum atomic E-state index is -1.94. The van der Waals surface area contributed by atoms with Crippen LogP contribution in [0.4, 0.5) is 0 Å². The number of likely N-dealkylation sites (N-methyl/N-ethyl adjacent to an activating group) is 1. The van der Waals surface area contributed by atoms with Crippen LogP contribution < -0.4 is 32.7 Å². The molecule has 2 saturated heterocycles. The normalized spacial score (nSPS) is 26.3. The summed E-state index contributed by atoms with van der Waals surface area (Å²) < 4.78 is 11.4. The number of nitrogens with two attached hydrogens (primary N) is 1. The molecule has 0 saturated carbocycles. The lowest BCUT2D eigenvalue weighted by Crippen LogP contribution is -2.67. The zero-order chi connectivity index (χ0) is 47.0. The molecule has 2 aliphatic rings. The number of Topliss-reactive ketones (excluding diaryl/α,β-unsaturated/α-hetero) is 2. The van der Waals surface area contributed by atoms with Gasteiger partial charge >= 0.3 is 5.69 Å². The van der Waals surface area contributed by atoms with Crippen LogP contribution in [0, 0.1) is 11.8 Å². The van der Waals surface area contributed by atoms with E-state index in [0.717, 1.165) is 15.7 Å². The van der Waals surface area contributed by atoms with Gasteiger partial charge in [0.25, 0.3) is 5.91 Å². The Morgan fingerprint density at radius 1 is 0.921 bits per heavy atom. The third-order valence-electron chi connectivity index (χ3n) is 10.2. The van der Waals surface area contributed by atoms with Gasteiger partial charge in [0.05, 0.1) is 56.8 Å². The van der Waals surface area contributed by atoms with E-state index in [4.69, 9.17) is 20.3 Å². The van der Waals surface area contributed by atoms with Crippen molar-refractivity contribution in [3.63, 3.8) is 0 Å². The molecule has 12 atom stereocenters. The maximum absolute atomic E-state index is 12.9. The molecule has 1 aromatic heterocycles. The lowest BCUT2D eigenvalue weighted by Gasteiger charge is -2.41. The number of aliphatic hydroxyl groups excluding tert-OH is 8. The Morgan fingerprint density at radius 3 is 2.10 bits per heavy atom. The Labute approximate surface area is 363 Å². The number of aromatic nitrogens is 2. The van der Waals surface area contributed by atoms with E-state index in [1.165, 1.54) is 6.20 Å². The van der Waals surface area contributed by atoms with Gasteiger partial charge in [-0.25, -0.2) is 4.79 Å². The molecule has 63 heavy (non-hydrogen) atoms. The minimum Gasteiger partial charge on any atom is -0.396 e. The molecule has 0 spiro atoms. The summed E-state index contributed by atoms with van der Waals surface area (Å²) in [6, 6.07) is -1.14. The van der Waals surface area contributed by atoms with Gasteiger partial charge in [0.1, 0.15) is 42.3 Å². The molecule has 1 aromatic rings. The first kappa shape index (κ1) is 56.4. The highest BCUT2D eigenvalue weighted by Crippen LogP contribution is 2.29. The SMILES string of the molecule is C.CCCC(=O)NC(CO)C(=O)CC1C(C(N)=O)OC(CO)C(O)C1O.CNCC(=O)CC(CO)C(=O)N[C@H]1[C@H](O)[C@@H](O)[C@H](O)O[C@@H]1C(=O)NCn1ccc(C(C)=C(C)C)nc1=O. The fourth-order valence-corrected chi connectivity index (χ4v) is 6.38. The largest absolute Gasteiger partial charge is 0.396 e. The predicted octanol–water partition coefficient (Wildman–Crippen LogP) is -5.72. The lowest BCUT2D eigenvalue weighted by atomic mass is 9.82. The van der Waals surface area contributed by atoms with Gasteiger partial charge in [-0.3, -0.25) is 33.3 Å². The molecule has 7 unspecified atom stereocenters. The van der Waals surface area contributed by atoms with Crippen LogP contribution in [0.25, 0.3) is 5.57 Å². The number of rotatable bonds is 20. The zero-order valence-electron chi connectivity index (χ0n) is 35.2. The molecule has 0 aromatic carbocycles. The van der Waals surface area contributed by atoms with Gasteiger partial charge in [0.2, 0.25) is 17.7 Å². The van der Waals surface area contributed by atoms with E-state index in [2.05, 4.69) is 26.3 Å². The van der Waals surface area contributed by atoms with E-state index in [1.54, 1.807) is 20.0 Å². The number of amides is 4. The smallest absolute Gasteiger partial charge is 0.349 e. The highest BCUT2D eigenvalue weighted by molar-refractivity contribution is 5.90. The quantitative estimate of drug-likeness (QED) is 0.0580. The fourth-order valence-electron chi connectivity index (χ4n) is 6.38. The van der Waals surface area contributed by atoms with Crippen LogP contribution in [0.2, 0.25) is 0 Å². The molecule has 24 nitrogen and oxygen atoms in total. The van der Waals surface area contributed by atoms with Gasteiger partial charge < -0.3 is 77.3 Å². The van der Waals surface area contributed by atoms with Crippen molar-refractivity contribution >= 4 is 40.8 Å². The number of allylic oxidation sites excluding steroid dienone is 2. The molecule has 3 rings (SSSR count). The Bertz CT molecular complexity index is 1790. The lowest BCUT2D eigenvalue weighted by molar-refractivity contribution is -0.253. The average molecular weight is 904 g/mol. The average Bonchev–Trinajstić information content (AvgIpc) is 3.22. The summed E-state index contributed by atoms with van der Waals surface area (Å²) in [6.45, 7) is 5.00. The number of nitrogens with zero attached hydrogens (tertiary/aromatic N) is 2. The Hall–Kier alpha value is -4.60. The maximum atomic E-state index is 12.9. The number of hydrogen-bond donors (Lipinski definition) is 13. The first-order chi connectivity index (χ1) is 29.2. The molecule has 24 heteroatoms. The molecule has 0 radical (unpaired) electrons. The van der Waals surface area contributed by atoms with Crippen LogP contribution in [-0.4, -0.2) is 180 Å². The highest BCUT2D eigenvalue weighted by Gasteiger charge is 2.49. The van der Waals surface area contributed by atoms with Crippen molar-refractivity contribution in [2.75, 3.05) is 33.4 Å². The van der Waals surface area contributed by atoms with Crippen molar-refractivity contribution in [2.24, 2.45) is 17.6 Å². The third-order valence-corrected chi connectivity index (χ3v) is 10.2. The Kier molecular flexibility index (Phi) is 24.1. The zero-order valence-corrected chi connectivity index (χ0v) is 35.2. The monoisotopic (exact) mass is 903 g/mol. The number of primary amides is 1. The van der Waals surface area contributed by atoms with Crippen molar-refractivity contribution < 1.29 is 79.1 Å². The summed E-state index contributed by atoms with van der Waals surface area (Å²) in [4.78, 5) is 89.3. The van der Waals surface area contributed by atoms with E-state index in [-0.39, 0.29) is 39.3 Å². The van der Waals surface area contributed by atoms with Gasteiger partial charge in [0, 0.05) is 31.4 Å². The highest BCUT2D eigenvalue weighted by atomic mass is 16.6. The van der Waals surface area contributed by atoms with Crippen molar-refractivity contribution in [1.82, 2.24) is 30.8 Å². The van der Waals surface area contributed by atoms with Crippen molar-refractivity contribution in [3.8, 4) is 0 Å². The predicted molar refractivity (Wildman–Crippen MR) is 220 cm³/mol.